The highest BCUT2D eigenvalue weighted by Crippen LogP contribution is 2.23. The highest BCUT2D eigenvalue weighted by Gasteiger charge is 2.26. The molecule has 0 radical (unpaired) electrons. The molecule has 0 bridgehead atoms. The van der Waals surface area contributed by atoms with Gasteiger partial charge >= 0.3 is 0 Å². The van der Waals surface area contributed by atoms with E-state index in [0.717, 1.165) is 26.2 Å². The van der Waals surface area contributed by atoms with Crippen LogP contribution in [0.3, 0.4) is 0 Å². The Hall–Kier alpha value is -0.120. The number of ether oxygens (including phenoxy) is 1. The van der Waals surface area contributed by atoms with Crippen LogP contribution in [-0.2, 0) is 4.74 Å². The fourth-order valence-electron chi connectivity index (χ4n) is 2.13. The van der Waals surface area contributed by atoms with Gasteiger partial charge < -0.3 is 10.1 Å². The van der Waals surface area contributed by atoms with Gasteiger partial charge in [0.2, 0.25) is 0 Å². The quantitative estimate of drug-likeness (QED) is 0.638. The minimum Gasteiger partial charge on any atom is -0.383 e. The summed E-state index contributed by atoms with van der Waals surface area (Å²) in [6.07, 6.45) is 2.40. The molecule has 0 aliphatic rings. The molecule has 0 aromatic heterocycles. The molecule has 0 saturated heterocycles. The third kappa shape index (κ3) is 6.39. The Morgan fingerprint density at radius 2 is 2.00 bits per heavy atom. The molecule has 2 atom stereocenters. The Balaban J connectivity index is 4.46. The largest absolute Gasteiger partial charge is 0.383 e. The molecule has 0 aromatic rings. The van der Waals surface area contributed by atoms with Gasteiger partial charge in [-0.05, 0) is 32.2 Å². The van der Waals surface area contributed by atoms with Gasteiger partial charge in [0, 0.05) is 32.8 Å². The van der Waals surface area contributed by atoms with E-state index in [0.29, 0.717) is 11.5 Å². The van der Waals surface area contributed by atoms with Gasteiger partial charge in [0.1, 0.15) is 0 Å². The molecule has 17 heavy (non-hydrogen) atoms. The SMILES string of the molecule is CCC(C)N(CCOC)CC(C)(CC)CNC. The van der Waals surface area contributed by atoms with E-state index in [9.17, 15) is 0 Å². The summed E-state index contributed by atoms with van der Waals surface area (Å²) in [6.45, 7) is 13.3. The summed E-state index contributed by atoms with van der Waals surface area (Å²) in [5, 5.41) is 3.32. The molecule has 0 rings (SSSR count). The van der Waals surface area contributed by atoms with Crippen LogP contribution in [-0.4, -0.2) is 51.3 Å². The molecule has 3 nitrogen and oxygen atoms in total. The van der Waals surface area contributed by atoms with Crippen LogP contribution in [0.5, 0.6) is 0 Å². The molecule has 0 aliphatic carbocycles. The van der Waals surface area contributed by atoms with Crippen molar-refractivity contribution < 1.29 is 4.74 Å². The first kappa shape index (κ1) is 16.9. The van der Waals surface area contributed by atoms with Gasteiger partial charge in [0.15, 0.2) is 0 Å². The van der Waals surface area contributed by atoms with E-state index in [4.69, 9.17) is 4.74 Å². The molecule has 104 valence electrons. The van der Waals surface area contributed by atoms with Crippen LogP contribution in [0, 0.1) is 5.41 Å². The number of hydrogen-bond donors (Lipinski definition) is 1. The van der Waals surface area contributed by atoms with E-state index in [1.807, 2.05) is 7.05 Å². The van der Waals surface area contributed by atoms with E-state index in [1.54, 1.807) is 7.11 Å². The van der Waals surface area contributed by atoms with Crippen LogP contribution in [0.25, 0.3) is 0 Å². The third-order valence-electron chi connectivity index (χ3n) is 3.84. The van der Waals surface area contributed by atoms with Gasteiger partial charge in [-0.25, -0.2) is 0 Å². The van der Waals surface area contributed by atoms with Crippen molar-refractivity contribution in [2.45, 2.75) is 46.6 Å². The van der Waals surface area contributed by atoms with Crippen molar-refractivity contribution in [2.75, 3.05) is 40.4 Å². The van der Waals surface area contributed by atoms with Crippen LogP contribution in [0.15, 0.2) is 0 Å². The minimum absolute atomic E-state index is 0.353. The van der Waals surface area contributed by atoms with Crippen molar-refractivity contribution in [3.63, 3.8) is 0 Å². The summed E-state index contributed by atoms with van der Waals surface area (Å²) >= 11 is 0. The van der Waals surface area contributed by atoms with Gasteiger partial charge in [-0.1, -0.05) is 20.8 Å². The number of methoxy groups -OCH3 is 1. The third-order valence-corrected chi connectivity index (χ3v) is 3.84. The summed E-state index contributed by atoms with van der Waals surface area (Å²) in [5.41, 5.74) is 0.353. The molecule has 0 aromatic carbocycles. The topological polar surface area (TPSA) is 24.5 Å². The second-order valence-corrected chi connectivity index (χ2v) is 5.42. The fourth-order valence-corrected chi connectivity index (χ4v) is 2.13. The van der Waals surface area contributed by atoms with E-state index in [1.165, 1.54) is 12.8 Å². The lowest BCUT2D eigenvalue weighted by Gasteiger charge is -2.38. The lowest BCUT2D eigenvalue weighted by atomic mass is 9.86. The number of rotatable bonds is 10. The van der Waals surface area contributed by atoms with Crippen molar-refractivity contribution in [2.24, 2.45) is 5.41 Å². The monoisotopic (exact) mass is 244 g/mol. The molecule has 3 heteroatoms. The number of nitrogens with one attached hydrogen (secondary N) is 1. The first-order valence-corrected chi connectivity index (χ1v) is 6.90. The molecular weight excluding hydrogens is 212 g/mol. The first-order valence-electron chi connectivity index (χ1n) is 6.90. The predicted molar refractivity (Wildman–Crippen MR) is 75.5 cm³/mol. The number of nitrogens with zero attached hydrogens (tertiary/aromatic N) is 1. The molecule has 0 amide bonds. The minimum atomic E-state index is 0.353. The van der Waals surface area contributed by atoms with Crippen molar-refractivity contribution in [3.05, 3.63) is 0 Å². The Morgan fingerprint density at radius 1 is 1.35 bits per heavy atom. The van der Waals surface area contributed by atoms with E-state index in [-0.39, 0.29) is 0 Å². The normalized spacial score (nSPS) is 17.1. The van der Waals surface area contributed by atoms with Crippen LogP contribution in [0.2, 0.25) is 0 Å². The fraction of sp³-hybridized carbons (Fsp3) is 1.00. The second-order valence-electron chi connectivity index (χ2n) is 5.42. The molecule has 2 unspecified atom stereocenters. The standard InChI is InChI=1S/C14H32N2O/c1-7-13(3)16(9-10-17-6)12-14(4,8-2)11-15-5/h13,15H,7-12H2,1-6H3. The van der Waals surface area contributed by atoms with Gasteiger partial charge in [-0.3, -0.25) is 4.90 Å². The zero-order chi connectivity index (χ0) is 13.3. The summed E-state index contributed by atoms with van der Waals surface area (Å²) in [5.74, 6) is 0. The molecule has 0 aliphatic heterocycles. The summed E-state index contributed by atoms with van der Waals surface area (Å²) < 4.78 is 5.22. The van der Waals surface area contributed by atoms with Crippen LogP contribution in [0.4, 0.5) is 0 Å². The Kier molecular flexibility index (Phi) is 8.83. The average molecular weight is 244 g/mol. The molecular formula is C14H32N2O. The van der Waals surface area contributed by atoms with Gasteiger partial charge in [0.05, 0.1) is 6.61 Å². The van der Waals surface area contributed by atoms with Gasteiger partial charge in [-0.2, -0.15) is 0 Å². The van der Waals surface area contributed by atoms with Crippen LogP contribution >= 0.6 is 0 Å². The van der Waals surface area contributed by atoms with Crippen molar-refractivity contribution in [1.82, 2.24) is 10.2 Å². The van der Waals surface area contributed by atoms with Crippen molar-refractivity contribution in [1.29, 1.82) is 0 Å². The first-order chi connectivity index (χ1) is 8.02. The smallest absolute Gasteiger partial charge is 0.0589 e. The van der Waals surface area contributed by atoms with Crippen molar-refractivity contribution in [3.8, 4) is 0 Å². The zero-order valence-corrected chi connectivity index (χ0v) is 12.7. The summed E-state index contributed by atoms with van der Waals surface area (Å²) in [6, 6.07) is 0.632. The average Bonchev–Trinajstić information content (AvgIpc) is 2.33. The maximum absolute atomic E-state index is 5.22. The predicted octanol–water partition coefficient (Wildman–Crippen LogP) is 2.37. The van der Waals surface area contributed by atoms with Gasteiger partial charge in [0.25, 0.3) is 0 Å². The Morgan fingerprint density at radius 3 is 2.41 bits per heavy atom. The Bertz CT molecular complexity index is 187. The molecule has 0 fully saturated rings. The second kappa shape index (κ2) is 8.90. The molecule has 0 heterocycles. The molecule has 0 saturated carbocycles. The van der Waals surface area contributed by atoms with Crippen LogP contribution in [0.1, 0.15) is 40.5 Å². The summed E-state index contributed by atoms with van der Waals surface area (Å²) in [7, 11) is 3.82. The lowest BCUT2D eigenvalue weighted by Crippen LogP contribution is -2.46. The molecule has 1 N–H and O–H groups in total. The van der Waals surface area contributed by atoms with E-state index in [2.05, 4.69) is 37.9 Å². The highest BCUT2D eigenvalue weighted by atomic mass is 16.5. The maximum atomic E-state index is 5.22. The van der Waals surface area contributed by atoms with Gasteiger partial charge in [-0.15, -0.1) is 0 Å². The lowest BCUT2D eigenvalue weighted by molar-refractivity contribution is 0.0819. The van der Waals surface area contributed by atoms with E-state index < -0.39 is 0 Å². The Labute approximate surface area is 108 Å². The maximum Gasteiger partial charge on any atom is 0.0589 e. The molecule has 0 spiro atoms. The van der Waals surface area contributed by atoms with Crippen molar-refractivity contribution >= 4 is 0 Å². The summed E-state index contributed by atoms with van der Waals surface area (Å²) in [4.78, 5) is 2.56. The highest BCUT2D eigenvalue weighted by molar-refractivity contribution is 4.81. The zero-order valence-electron chi connectivity index (χ0n) is 12.7. The number of hydrogen-bond acceptors (Lipinski definition) is 3. The van der Waals surface area contributed by atoms with Crippen LogP contribution < -0.4 is 5.32 Å². The van der Waals surface area contributed by atoms with E-state index >= 15 is 0 Å².